The van der Waals surface area contributed by atoms with E-state index in [1.165, 1.54) is 4.90 Å². The van der Waals surface area contributed by atoms with Crippen molar-refractivity contribution >= 4 is 12.1 Å². The van der Waals surface area contributed by atoms with E-state index in [-0.39, 0.29) is 5.92 Å². The molecular formula is C9H13NO4. The second-order valence-electron chi connectivity index (χ2n) is 3.78. The molecule has 0 bridgehead atoms. The van der Waals surface area contributed by atoms with Gasteiger partial charge in [0.25, 0.3) is 0 Å². The Bertz CT molecular complexity index is 262. The molecule has 5 heteroatoms. The second kappa shape index (κ2) is 3.48. The summed E-state index contributed by atoms with van der Waals surface area (Å²) in [5, 5.41) is 9.00. The molecule has 1 unspecified atom stereocenters. The first kappa shape index (κ1) is 9.30. The topological polar surface area (TPSA) is 66.8 Å². The predicted molar refractivity (Wildman–Crippen MR) is 46.8 cm³/mol. The Balaban J connectivity index is 2.08. The van der Waals surface area contributed by atoms with Crippen LogP contribution in [-0.4, -0.2) is 41.3 Å². The maximum atomic E-state index is 11.3. The lowest BCUT2D eigenvalue weighted by atomic mass is 10.1. The van der Waals surface area contributed by atoms with Crippen LogP contribution in [0.4, 0.5) is 4.79 Å². The van der Waals surface area contributed by atoms with Crippen LogP contribution in [-0.2, 0) is 9.53 Å². The number of carboxylic acid groups (broad SMARTS) is 1. The lowest BCUT2D eigenvalue weighted by molar-refractivity contribution is -0.144. The third kappa shape index (κ3) is 1.66. The first-order valence-electron chi connectivity index (χ1n) is 4.86. The number of rotatable bonds is 3. The monoisotopic (exact) mass is 199 g/mol. The van der Waals surface area contributed by atoms with Crippen LogP contribution in [0.2, 0.25) is 0 Å². The average Bonchev–Trinajstić information content (AvgIpc) is 2.92. The highest BCUT2D eigenvalue weighted by Crippen LogP contribution is 2.36. The van der Waals surface area contributed by atoms with Crippen molar-refractivity contribution in [2.24, 2.45) is 5.92 Å². The van der Waals surface area contributed by atoms with E-state index < -0.39 is 18.1 Å². The summed E-state index contributed by atoms with van der Waals surface area (Å²) in [7, 11) is 0. The molecule has 0 aromatic heterocycles. The lowest BCUT2D eigenvalue weighted by Gasteiger charge is -2.31. The molecule has 1 N–H and O–H groups in total. The average molecular weight is 199 g/mol. The molecule has 78 valence electrons. The van der Waals surface area contributed by atoms with Crippen molar-refractivity contribution in [2.75, 3.05) is 13.2 Å². The highest BCUT2D eigenvalue weighted by molar-refractivity contribution is 5.81. The summed E-state index contributed by atoms with van der Waals surface area (Å²) in [6.45, 7) is 0.915. The highest BCUT2D eigenvalue weighted by Gasteiger charge is 2.43. The number of hydrogen-bond donors (Lipinski definition) is 1. The van der Waals surface area contributed by atoms with Gasteiger partial charge in [-0.3, -0.25) is 4.90 Å². The molecule has 1 aliphatic heterocycles. The number of cyclic esters (lactones) is 1. The van der Waals surface area contributed by atoms with Gasteiger partial charge in [-0.2, -0.15) is 0 Å². The quantitative estimate of drug-likeness (QED) is 0.726. The van der Waals surface area contributed by atoms with Crippen molar-refractivity contribution in [3.63, 3.8) is 0 Å². The third-order valence-electron chi connectivity index (χ3n) is 2.66. The van der Waals surface area contributed by atoms with Gasteiger partial charge in [-0.05, 0) is 25.2 Å². The number of carbonyl (C=O) groups is 2. The molecule has 2 aliphatic rings. The van der Waals surface area contributed by atoms with Gasteiger partial charge in [-0.25, -0.2) is 9.59 Å². The van der Waals surface area contributed by atoms with Gasteiger partial charge in [-0.15, -0.1) is 0 Å². The Kier molecular flexibility index (Phi) is 2.31. The maximum absolute atomic E-state index is 11.3. The minimum Gasteiger partial charge on any atom is -0.480 e. The molecule has 1 aliphatic carbocycles. The largest absolute Gasteiger partial charge is 0.480 e. The summed E-state index contributed by atoms with van der Waals surface area (Å²) in [6, 6.07) is -0.664. The van der Waals surface area contributed by atoms with Crippen molar-refractivity contribution in [3.05, 3.63) is 0 Å². The Morgan fingerprint density at radius 2 is 2.29 bits per heavy atom. The van der Waals surface area contributed by atoms with Crippen LogP contribution >= 0.6 is 0 Å². The van der Waals surface area contributed by atoms with E-state index in [0.29, 0.717) is 13.2 Å². The van der Waals surface area contributed by atoms with E-state index in [0.717, 1.165) is 19.3 Å². The number of aliphatic carboxylic acids is 1. The summed E-state index contributed by atoms with van der Waals surface area (Å²) in [6.07, 6.45) is 2.06. The summed E-state index contributed by atoms with van der Waals surface area (Å²) in [4.78, 5) is 23.6. The molecule has 0 radical (unpaired) electrons. The van der Waals surface area contributed by atoms with Gasteiger partial charge in [0.1, 0.15) is 6.04 Å². The molecule has 1 atom stereocenters. The third-order valence-corrected chi connectivity index (χ3v) is 2.66. The Morgan fingerprint density at radius 1 is 1.57 bits per heavy atom. The van der Waals surface area contributed by atoms with Gasteiger partial charge in [0, 0.05) is 6.54 Å². The van der Waals surface area contributed by atoms with Crippen LogP contribution in [0.1, 0.15) is 19.3 Å². The van der Waals surface area contributed by atoms with E-state index in [2.05, 4.69) is 0 Å². The molecule has 2 fully saturated rings. The van der Waals surface area contributed by atoms with Gasteiger partial charge in [0.05, 0.1) is 6.61 Å². The molecule has 14 heavy (non-hydrogen) atoms. The minimum absolute atomic E-state index is 0.137. The van der Waals surface area contributed by atoms with Crippen LogP contribution in [0, 0.1) is 5.92 Å². The maximum Gasteiger partial charge on any atom is 0.410 e. The van der Waals surface area contributed by atoms with Gasteiger partial charge in [0.15, 0.2) is 0 Å². The molecule has 0 aromatic carbocycles. The first-order chi connectivity index (χ1) is 6.70. The molecule has 0 aromatic rings. The van der Waals surface area contributed by atoms with E-state index in [1.54, 1.807) is 0 Å². The van der Waals surface area contributed by atoms with Crippen LogP contribution in [0.25, 0.3) is 0 Å². The van der Waals surface area contributed by atoms with Crippen LogP contribution in [0.5, 0.6) is 0 Å². The molecule has 1 heterocycles. The van der Waals surface area contributed by atoms with Crippen LogP contribution in [0.15, 0.2) is 0 Å². The van der Waals surface area contributed by atoms with Crippen molar-refractivity contribution in [1.82, 2.24) is 4.90 Å². The summed E-state index contributed by atoms with van der Waals surface area (Å²) < 4.78 is 4.82. The Labute approximate surface area is 81.6 Å². The number of amides is 1. The van der Waals surface area contributed by atoms with Gasteiger partial charge in [0.2, 0.25) is 0 Å². The normalized spacial score (nSPS) is 24.3. The molecule has 1 saturated heterocycles. The molecule has 0 spiro atoms. The number of hydrogen-bond acceptors (Lipinski definition) is 3. The van der Waals surface area contributed by atoms with Crippen LogP contribution in [0.3, 0.4) is 0 Å². The fraction of sp³-hybridized carbons (Fsp3) is 0.778. The first-order valence-corrected chi connectivity index (χ1v) is 4.86. The van der Waals surface area contributed by atoms with E-state index >= 15 is 0 Å². The summed E-state index contributed by atoms with van der Waals surface area (Å²) in [5.74, 6) is -0.774. The predicted octanol–water partition coefficient (Wildman–Crippen LogP) is 0.692. The van der Waals surface area contributed by atoms with Crippen molar-refractivity contribution in [2.45, 2.75) is 25.3 Å². The van der Waals surface area contributed by atoms with Crippen molar-refractivity contribution in [1.29, 1.82) is 0 Å². The highest BCUT2D eigenvalue weighted by atomic mass is 16.6. The zero-order chi connectivity index (χ0) is 10.1. The smallest absolute Gasteiger partial charge is 0.410 e. The molecule has 1 amide bonds. The summed E-state index contributed by atoms with van der Waals surface area (Å²) >= 11 is 0. The molecule has 2 rings (SSSR count). The zero-order valence-electron chi connectivity index (χ0n) is 7.81. The van der Waals surface area contributed by atoms with Gasteiger partial charge < -0.3 is 9.84 Å². The SMILES string of the molecule is O=C(O)C(C1CC1)N1CCCOC1=O. The van der Waals surface area contributed by atoms with E-state index in [9.17, 15) is 9.59 Å². The van der Waals surface area contributed by atoms with Crippen molar-refractivity contribution < 1.29 is 19.4 Å². The number of carbonyl (C=O) groups excluding carboxylic acids is 1. The number of carboxylic acids is 1. The number of nitrogens with zero attached hydrogens (tertiary/aromatic N) is 1. The molecule has 5 nitrogen and oxygen atoms in total. The fourth-order valence-corrected chi connectivity index (χ4v) is 1.82. The van der Waals surface area contributed by atoms with Gasteiger partial charge in [-0.1, -0.05) is 0 Å². The zero-order valence-corrected chi connectivity index (χ0v) is 7.81. The van der Waals surface area contributed by atoms with Crippen LogP contribution < -0.4 is 0 Å². The van der Waals surface area contributed by atoms with E-state index in [1.807, 2.05) is 0 Å². The summed E-state index contributed by atoms with van der Waals surface area (Å²) in [5.41, 5.74) is 0. The standard InChI is InChI=1S/C9H13NO4/c11-8(12)7(6-2-3-6)10-4-1-5-14-9(10)13/h6-7H,1-5H2,(H,11,12). The lowest BCUT2D eigenvalue weighted by Crippen LogP contribution is -2.49. The number of ether oxygens (including phenoxy) is 1. The van der Waals surface area contributed by atoms with Crippen molar-refractivity contribution in [3.8, 4) is 0 Å². The Morgan fingerprint density at radius 3 is 2.79 bits per heavy atom. The second-order valence-corrected chi connectivity index (χ2v) is 3.78. The molecular weight excluding hydrogens is 186 g/mol. The van der Waals surface area contributed by atoms with E-state index in [4.69, 9.17) is 9.84 Å². The fourth-order valence-electron chi connectivity index (χ4n) is 1.82. The molecule has 1 saturated carbocycles. The Hall–Kier alpha value is -1.26. The van der Waals surface area contributed by atoms with Gasteiger partial charge >= 0.3 is 12.1 Å². The minimum atomic E-state index is -0.911.